The van der Waals surface area contributed by atoms with E-state index in [0.717, 1.165) is 21.7 Å². The second-order valence-electron chi connectivity index (χ2n) is 6.52. The summed E-state index contributed by atoms with van der Waals surface area (Å²) in [7, 11) is -4.31. The van der Waals surface area contributed by atoms with Gasteiger partial charge in [-0.05, 0) is 44.2 Å². The van der Waals surface area contributed by atoms with Gasteiger partial charge in [-0.25, -0.2) is 22.0 Å². The van der Waals surface area contributed by atoms with Gasteiger partial charge in [0.05, 0.1) is 22.0 Å². The predicted octanol–water partition coefficient (Wildman–Crippen LogP) is 4.77. The Morgan fingerprint density at radius 3 is 2.39 bits per heavy atom. The number of carboxylic acids is 1. The molecule has 0 aliphatic carbocycles. The molecule has 0 bridgehead atoms. The Kier molecular flexibility index (Phi) is 6.45. The number of aromatic nitrogens is 1. The highest BCUT2D eigenvalue weighted by Gasteiger charge is 2.32. The molecule has 0 amide bonds. The second kappa shape index (κ2) is 8.74. The molecule has 0 radical (unpaired) electrons. The van der Waals surface area contributed by atoms with Gasteiger partial charge in [0, 0.05) is 22.0 Å². The first-order valence-corrected chi connectivity index (χ1v) is 11.2. The molecular weight excluding hydrogens is 465 g/mol. The van der Waals surface area contributed by atoms with E-state index in [1.165, 1.54) is 24.3 Å². The minimum absolute atomic E-state index is 0.00629. The third-order valence-electron chi connectivity index (χ3n) is 4.40. The number of nitrogens with zero attached hydrogens (tertiary/aromatic N) is 1. The highest BCUT2D eigenvalue weighted by Crippen LogP contribution is 2.38. The average Bonchev–Trinajstić information content (AvgIpc) is 3.02. The molecule has 1 aromatic heterocycles. The van der Waals surface area contributed by atoms with Gasteiger partial charge in [0.2, 0.25) is 0 Å². The Bertz CT molecular complexity index is 1320. The third-order valence-corrected chi connectivity index (χ3v) is 6.65. The molecule has 0 aliphatic heterocycles. The summed E-state index contributed by atoms with van der Waals surface area (Å²) in [6.45, 7) is 3.34. The fraction of sp³-hybridized carbons (Fsp3) is 0.143. The Hall–Kier alpha value is -2.81. The van der Waals surface area contributed by atoms with Crippen molar-refractivity contribution >= 4 is 62.1 Å². The van der Waals surface area contributed by atoms with E-state index in [1.54, 1.807) is 26.0 Å². The molecule has 0 saturated heterocycles. The molecule has 31 heavy (non-hydrogen) atoms. The van der Waals surface area contributed by atoms with Crippen LogP contribution in [-0.2, 0) is 19.6 Å². The fourth-order valence-electron chi connectivity index (χ4n) is 3.11. The topological polar surface area (TPSA) is 103 Å². The first-order chi connectivity index (χ1) is 14.6. The summed E-state index contributed by atoms with van der Waals surface area (Å²) in [6, 6.07) is 8.77. The number of benzene rings is 2. The second-order valence-corrected chi connectivity index (χ2v) is 9.15. The van der Waals surface area contributed by atoms with E-state index in [9.17, 15) is 18.0 Å². The maximum absolute atomic E-state index is 13.6. The van der Waals surface area contributed by atoms with Gasteiger partial charge in [-0.1, -0.05) is 40.9 Å². The lowest BCUT2D eigenvalue weighted by Crippen LogP contribution is -2.20. The predicted molar refractivity (Wildman–Crippen MR) is 118 cm³/mol. The molecule has 3 rings (SSSR count). The van der Waals surface area contributed by atoms with E-state index in [2.05, 4.69) is 0 Å². The molecule has 1 heterocycles. The van der Waals surface area contributed by atoms with Crippen LogP contribution in [0.1, 0.15) is 28.5 Å². The van der Waals surface area contributed by atoms with E-state index in [1.807, 2.05) is 0 Å². The zero-order chi connectivity index (χ0) is 22.9. The van der Waals surface area contributed by atoms with Gasteiger partial charge in [-0.15, -0.1) is 0 Å². The molecule has 0 saturated carbocycles. The van der Waals surface area contributed by atoms with Crippen LogP contribution in [0, 0.1) is 6.92 Å². The van der Waals surface area contributed by atoms with E-state index in [0.29, 0.717) is 0 Å². The molecule has 7 nitrogen and oxygen atoms in total. The molecule has 2 aromatic carbocycles. The van der Waals surface area contributed by atoms with Crippen molar-refractivity contribution < 1.29 is 27.9 Å². The van der Waals surface area contributed by atoms with Crippen molar-refractivity contribution in [3.63, 3.8) is 0 Å². The van der Waals surface area contributed by atoms with Crippen molar-refractivity contribution in [2.75, 3.05) is 6.61 Å². The fourth-order valence-corrected chi connectivity index (χ4v) is 5.20. The van der Waals surface area contributed by atoms with Gasteiger partial charge in [-0.2, -0.15) is 0 Å². The maximum atomic E-state index is 13.6. The highest BCUT2D eigenvalue weighted by atomic mass is 35.5. The Balaban J connectivity index is 2.52. The lowest BCUT2D eigenvalue weighted by Gasteiger charge is -2.12. The first-order valence-electron chi connectivity index (χ1n) is 9.01. The van der Waals surface area contributed by atoms with Crippen LogP contribution in [0.25, 0.3) is 17.0 Å². The van der Waals surface area contributed by atoms with E-state index >= 15 is 0 Å². The number of hydrogen-bond acceptors (Lipinski definition) is 5. The zero-order valence-electron chi connectivity index (χ0n) is 16.4. The molecule has 0 spiro atoms. The summed E-state index contributed by atoms with van der Waals surface area (Å²) in [6.07, 6.45) is 1.89. The van der Waals surface area contributed by atoms with Crippen molar-refractivity contribution in [1.82, 2.24) is 3.97 Å². The maximum Gasteiger partial charge on any atom is 0.356 e. The van der Waals surface area contributed by atoms with Gasteiger partial charge >= 0.3 is 11.9 Å². The molecule has 0 fully saturated rings. The van der Waals surface area contributed by atoms with Crippen LogP contribution in [0.4, 0.5) is 0 Å². The number of ether oxygens (including phenoxy) is 1. The van der Waals surface area contributed by atoms with Crippen molar-refractivity contribution in [3.05, 3.63) is 69.3 Å². The number of carboxylic acid groups (broad SMARTS) is 1. The van der Waals surface area contributed by atoms with Crippen molar-refractivity contribution in [1.29, 1.82) is 0 Å². The number of rotatable bonds is 6. The van der Waals surface area contributed by atoms with Gasteiger partial charge in [0.1, 0.15) is 0 Å². The number of halogens is 2. The first kappa shape index (κ1) is 22.9. The summed E-state index contributed by atoms with van der Waals surface area (Å²) in [5, 5.41) is 9.43. The third kappa shape index (κ3) is 4.32. The molecule has 10 heteroatoms. The number of aryl methyl sites for hydroxylation is 1. The van der Waals surface area contributed by atoms with E-state index < -0.39 is 22.0 Å². The number of hydrogen-bond donors (Lipinski definition) is 1. The molecule has 162 valence electrons. The summed E-state index contributed by atoms with van der Waals surface area (Å²) in [5.74, 6) is -2.24. The van der Waals surface area contributed by atoms with Gasteiger partial charge in [0.15, 0.2) is 5.69 Å². The van der Waals surface area contributed by atoms with Gasteiger partial charge in [-0.3, -0.25) is 0 Å². The van der Waals surface area contributed by atoms with Crippen LogP contribution in [0.2, 0.25) is 10.0 Å². The number of carbonyl (C=O) groups is 2. The summed E-state index contributed by atoms with van der Waals surface area (Å²) in [5.41, 5.74) is 0.483. The highest BCUT2D eigenvalue weighted by molar-refractivity contribution is 7.90. The van der Waals surface area contributed by atoms with Gasteiger partial charge < -0.3 is 9.84 Å². The monoisotopic (exact) mass is 481 g/mol. The van der Waals surface area contributed by atoms with E-state index in [4.69, 9.17) is 33.0 Å². The largest absolute Gasteiger partial charge is 0.478 e. The van der Waals surface area contributed by atoms with Crippen LogP contribution in [0.15, 0.2) is 47.4 Å². The Morgan fingerprint density at radius 1 is 1.16 bits per heavy atom. The van der Waals surface area contributed by atoms with Crippen LogP contribution < -0.4 is 0 Å². The summed E-state index contributed by atoms with van der Waals surface area (Å²) in [4.78, 5) is 23.9. The molecule has 0 unspecified atom stereocenters. The average molecular weight is 482 g/mol. The molecule has 0 aliphatic rings. The molecule has 0 atom stereocenters. The summed E-state index contributed by atoms with van der Waals surface area (Å²) < 4.78 is 33.1. The summed E-state index contributed by atoms with van der Waals surface area (Å²) >= 11 is 12.5. The van der Waals surface area contributed by atoms with Gasteiger partial charge in [0.25, 0.3) is 10.0 Å². The Labute approximate surface area is 188 Å². The lowest BCUT2D eigenvalue weighted by molar-refractivity contribution is -0.131. The van der Waals surface area contributed by atoms with Crippen LogP contribution in [0.5, 0.6) is 0 Å². The number of fused-ring (bicyclic) bond motifs is 1. The smallest absolute Gasteiger partial charge is 0.356 e. The lowest BCUT2D eigenvalue weighted by atomic mass is 10.1. The van der Waals surface area contributed by atoms with Crippen molar-refractivity contribution in [2.45, 2.75) is 18.7 Å². The standard InChI is InChI=1S/C21H17Cl2NO6S/c1-3-30-21(27)20-15(8-9-18(25)26)19-16(23)10-13(22)11-17(19)24(20)31(28,29)14-6-4-12(2)5-7-14/h4-11H,3H2,1-2H3,(H,25,26). The number of aliphatic carboxylic acids is 1. The number of esters is 1. The quantitative estimate of drug-likeness (QED) is 0.401. The SMILES string of the molecule is CCOC(=O)c1c(C=CC(=O)O)c2c(Cl)cc(Cl)cc2n1S(=O)(=O)c1ccc(C)cc1. The van der Waals surface area contributed by atoms with Crippen LogP contribution >= 0.6 is 23.2 Å². The minimum Gasteiger partial charge on any atom is -0.478 e. The van der Waals surface area contributed by atoms with Crippen LogP contribution in [0.3, 0.4) is 0 Å². The molecule has 1 N–H and O–H groups in total. The zero-order valence-corrected chi connectivity index (χ0v) is 18.8. The van der Waals surface area contributed by atoms with Crippen LogP contribution in [-0.4, -0.2) is 36.0 Å². The van der Waals surface area contributed by atoms with Crippen molar-refractivity contribution in [3.8, 4) is 0 Å². The molecule has 3 aromatic rings. The normalized spacial score (nSPS) is 11.9. The van der Waals surface area contributed by atoms with Crippen molar-refractivity contribution in [2.24, 2.45) is 0 Å². The van der Waals surface area contributed by atoms with E-state index in [-0.39, 0.29) is 43.7 Å². The molecular formula is C21H17Cl2NO6S. The minimum atomic E-state index is -4.31. The number of carbonyl (C=O) groups excluding carboxylic acids is 1. The Morgan fingerprint density at radius 2 is 1.81 bits per heavy atom.